The Labute approximate surface area is 104 Å². The largest absolute Gasteiger partial charge is 0.381 e. The first kappa shape index (κ1) is 13.3. The highest BCUT2D eigenvalue weighted by molar-refractivity contribution is 4.92. The Bertz CT molecular complexity index is 244. The van der Waals surface area contributed by atoms with E-state index in [4.69, 9.17) is 15.2 Å². The molecule has 0 bridgehead atoms. The summed E-state index contributed by atoms with van der Waals surface area (Å²) in [6, 6.07) is 0.174. The molecule has 2 fully saturated rings. The van der Waals surface area contributed by atoms with E-state index in [1.54, 1.807) is 0 Å². The van der Waals surface area contributed by atoms with E-state index in [1.165, 1.54) is 12.8 Å². The van der Waals surface area contributed by atoms with Gasteiger partial charge in [0.1, 0.15) is 0 Å². The lowest BCUT2D eigenvalue weighted by atomic mass is 9.85. The first-order chi connectivity index (χ1) is 8.10. The maximum Gasteiger partial charge on any atom is 0.0624 e. The van der Waals surface area contributed by atoms with E-state index in [-0.39, 0.29) is 11.5 Å². The number of rotatable bonds is 4. The van der Waals surface area contributed by atoms with Crippen molar-refractivity contribution < 1.29 is 9.47 Å². The highest BCUT2D eigenvalue weighted by Crippen LogP contribution is 2.28. The molecule has 0 aromatic heterocycles. The summed E-state index contributed by atoms with van der Waals surface area (Å²) in [6.45, 7) is 7.72. The van der Waals surface area contributed by atoms with Crippen LogP contribution in [0.2, 0.25) is 0 Å². The summed E-state index contributed by atoms with van der Waals surface area (Å²) in [7, 11) is 2.19. The number of nitrogens with zero attached hydrogens (tertiary/aromatic N) is 1. The molecule has 2 rings (SSSR count). The number of ether oxygens (including phenoxy) is 2. The zero-order valence-corrected chi connectivity index (χ0v) is 11.2. The molecule has 0 saturated carbocycles. The van der Waals surface area contributed by atoms with Gasteiger partial charge in [-0.2, -0.15) is 0 Å². The van der Waals surface area contributed by atoms with Gasteiger partial charge in [0.05, 0.1) is 19.8 Å². The van der Waals surface area contributed by atoms with Gasteiger partial charge in [0.2, 0.25) is 0 Å². The molecule has 2 saturated heterocycles. The minimum atomic E-state index is 0.115. The van der Waals surface area contributed by atoms with Crippen molar-refractivity contribution in [3.8, 4) is 0 Å². The second-order valence-corrected chi connectivity index (χ2v) is 6.06. The number of nitrogens with two attached hydrogens (primary N) is 1. The maximum absolute atomic E-state index is 6.12. The van der Waals surface area contributed by atoms with Crippen LogP contribution in [0.25, 0.3) is 0 Å². The molecule has 3 unspecified atom stereocenters. The van der Waals surface area contributed by atoms with Crippen molar-refractivity contribution >= 4 is 0 Å². The summed E-state index contributed by atoms with van der Waals surface area (Å²) in [5.74, 6) is 0.691. The zero-order valence-electron chi connectivity index (χ0n) is 11.2. The molecule has 0 aromatic rings. The quantitative estimate of drug-likeness (QED) is 0.789. The second-order valence-electron chi connectivity index (χ2n) is 6.06. The van der Waals surface area contributed by atoms with Crippen LogP contribution >= 0.6 is 0 Å². The Morgan fingerprint density at radius 2 is 2.18 bits per heavy atom. The van der Waals surface area contributed by atoms with Crippen molar-refractivity contribution in [2.45, 2.75) is 25.8 Å². The second kappa shape index (κ2) is 5.65. The average molecular weight is 242 g/mol. The van der Waals surface area contributed by atoms with Crippen molar-refractivity contribution in [2.24, 2.45) is 17.1 Å². The van der Waals surface area contributed by atoms with E-state index in [9.17, 15) is 0 Å². The summed E-state index contributed by atoms with van der Waals surface area (Å²) in [5, 5.41) is 0. The van der Waals surface area contributed by atoms with Gasteiger partial charge in [-0.1, -0.05) is 6.92 Å². The summed E-state index contributed by atoms with van der Waals surface area (Å²) < 4.78 is 11.0. The molecule has 0 spiro atoms. The summed E-state index contributed by atoms with van der Waals surface area (Å²) in [4.78, 5) is 2.40. The molecule has 4 nitrogen and oxygen atoms in total. The molecule has 2 N–H and O–H groups in total. The molecule has 0 radical (unpaired) electrons. The van der Waals surface area contributed by atoms with Gasteiger partial charge in [-0.3, -0.25) is 0 Å². The van der Waals surface area contributed by atoms with Crippen LogP contribution in [0.3, 0.4) is 0 Å². The van der Waals surface area contributed by atoms with Crippen LogP contribution in [0.1, 0.15) is 19.8 Å². The summed E-state index contributed by atoms with van der Waals surface area (Å²) in [5.41, 5.74) is 6.23. The van der Waals surface area contributed by atoms with Crippen LogP contribution in [-0.2, 0) is 9.47 Å². The summed E-state index contributed by atoms with van der Waals surface area (Å²) in [6.07, 6.45) is 2.50. The third-order valence-corrected chi connectivity index (χ3v) is 4.08. The lowest BCUT2D eigenvalue weighted by Gasteiger charge is -2.34. The van der Waals surface area contributed by atoms with E-state index in [1.807, 2.05) is 0 Å². The predicted molar refractivity (Wildman–Crippen MR) is 67.9 cm³/mol. The Kier molecular flexibility index (Phi) is 4.42. The lowest BCUT2D eigenvalue weighted by molar-refractivity contribution is 0.0347. The third kappa shape index (κ3) is 3.41. The Balaban J connectivity index is 1.77. The Morgan fingerprint density at radius 1 is 1.35 bits per heavy atom. The third-order valence-electron chi connectivity index (χ3n) is 4.08. The molecule has 3 atom stereocenters. The van der Waals surface area contributed by atoms with Gasteiger partial charge in [-0.25, -0.2) is 0 Å². The zero-order chi connectivity index (χ0) is 12.3. The topological polar surface area (TPSA) is 47.7 Å². The highest BCUT2D eigenvalue weighted by Gasteiger charge is 2.38. The van der Waals surface area contributed by atoms with Crippen LogP contribution in [0, 0.1) is 11.3 Å². The average Bonchev–Trinajstić information content (AvgIpc) is 2.60. The molecular weight excluding hydrogens is 216 g/mol. The van der Waals surface area contributed by atoms with E-state index < -0.39 is 0 Å². The molecule has 2 aliphatic heterocycles. The van der Waals surface area contributed by atoms with Gasteiger partial charge in [0.25, 0.3) is 0 Å². The van der Waals surface area contributed by atoms with E-state index >= 15 is 0 Å². The van der Waals surface area contributed by atoms with E-state index in [0.29, 0.717) is 12.5 Å². The van der Waals surface area contributed by atoms with Crippen LogP contribution < -0.4 is 5.73 Å². The fourth-order valence-corrected chi connectivity index (χ4v) is 2.96. The minimum Gasteiger partial charge on any atom is -0.381 e. The highest BCUT2D eigenvalue weighted by atomic mass is 16.5. The molecule has 4 heteroatoms. The van der Waals surface area contributed by atoms with Crippen LogP contribution in [0.15, 0.2) is 0 Å². The fourth-order valence-electron chi connectivity index (χ4n) is 2.96. The van der Waals surface area contributed by atoms with Crippen LogP contribution in [0.4, 0.5) is 0 Å². The van der Waals surface area contributed by atoms with Crippen LogP contribution in [-0.4, -0.2) is 57.5 Å². The molecule has 17 heavy (non-hydrogen) atoms. The van der Waals surface area contributed by atoms with Gasteiger partial charge in [-0.05, 0) is 25.8 Å². The van der Waals surface area contributed by atoms with Crippen molar-refractivity contribution in [1.29, 1.82) is 0 Å². The van der Waals surface area contributed by atoms with Gasteiger partial charge >= 0.3 is 0 Å². The molecule has 100 valence electrons. The van der Waals surface area contributed by atoms with Crippen molar-refractivity contribution in [1.82, 2.24) is 4.90 Å². The maximum atomic E-state index is 6.12. The molecular formula is C13H26N2O2. The normalized spacial score (nSPS) is 38.8. The first-order valence-corrected chi connectivity index (χ1v) is 6.70. The number of hydrogen-bond acceptors (Lipinski definition) is 4. The minimum absolute atomic E-state index is 0.115. The molecule has 0 aromatic carbocycles. The predicted octanol–water partition coefficient (Wildman–Crippen LogP) is 0.709. The number of hydrogen-bond donors (Lipinski definition) is 1. The van der Waals surface area contributed by atoms with E-state index in [0.717, 1.165) is 32.9 Å². The molecule has 2 heterocycles. The molecule has 2 aliphatic rings. The smallest absolute Gasteiger partial charge is 0.0624 e. The van der Waals surface area contributed by atoms with Gasteiger partial charge in [0.15, 0.2) is 0 Å². The van der Waals surface area contributed by atoms with Crippen molar-refractivity contribution in [3.63, 3.8) is 0 Å². The SMILES string of the molecule is CN(CC1CCCOC1)CC1(C)COCC1N. The standard InChI is InChI=1S/C13H26N2O2/c1-13(10-17-8-12(13)14)9-15(2)6-11-4-3-5-16-7-11/h11-12H,3-10,14H2,1-2H3. The van der Waals surface area contributed by atoms with Crippen molar-refractivity contribution in [3.05, 3.63) is 0 Å². The van der Waals surface area contributed by atoms with E-state index in [2.05, 4.69) is 18.9 Å². The lowest BCUT2D eigenvalue weighted by Crippen LogP contribution is -2.47. The van der Waals surface area contributed by atoms with Gasteiger partial charge in [-0.15, -0.1) is 0 Å². The van der Waals surface area contributed by atoms with Gasteiger partial charge in [0, 0.05) is 31.2 Å². The first-order valence-electron chi connectivity index (χ1n) is 6.70. The molecule has 0 aliphatic carbocycles. The Morgan fingerprint density at radius 3 is 2.76 bits per heavy atom. The van der Waals surface area contributed by atoms with Crippen molar-refractivity contribution in [2.75, 3.05) is 46.6 Å². The van der Waals surface area contributed by atoms with Gasteiger partial charge < -0.3 is 20.1 Å². The monoisotopic (exact) mass is 242 g/mol. The van der Waals surface area contributed by atoms with Crippen LogP contribution in [0.5, 0.6) is 0 Å². The fraction of sp³-hybridized carbons (Fsp3) is 1.00. The molecule has 0 amide bonds. The summed E-state index contributed by atoms with van der Waals surface area (Å²) >= 11 is 0. The Hall–Kier alpha value is -0.160.